The molecule has 3 heterocycles. The molecule has 0 aliphatic carbocycles. The van der Waals surface area contributed by atoms with Crippen LogP contribution >= 0.6 is 11.6 Å². The third-order valence-corrected chi connectivity index (χ3v) is 9.18. The number of hydrogen-bond donors (Lipinski definition) is 1. The van der Waals surface area contributed by atoms with Crippen LogP contribution in [0.15, 0.2) is 42.6 Å². The van der Waals surface area contributed by atoms with Crippen molar-refractivity contribution in [2.45, 2.75) is 6.42 Å². The molecule has 1 N–H and O–H groups in total. The number of morpholine rings is 1. The number of anilines is 3. The molecule has 1 saturated heterocycles. The quantitative estimate of drug-likeness (QED) is 0.467. The van der Waals surface area contributed by atoms with Gasteiger partial charge in [-0.05, 0) is 0 Å². The van der Waals surface area contributed by atoms with Gasteiger partial charge in [-0.15, -0.1) is 0 Å². The van der Waals surface area contributed by atoms with Crippen molar-refractivity contribution in [1.82, 2.24) is 14.9 Å². The van der Waals surface area contributed by atoms with E-state index in [0.29, 0.717) is 16.7 Å². The Balaban J connectivity index is 1.40. The number of methoxy groups -OCH3 is 1. The van der Waals surface area contributed by atoms with E-state index in [9.17, 15) is 4.79 Å². The van der Waals surface area contributed by atoms with Gasteiger partial charge in [0.1, 0.15) is 0 Å². The van der Waals surface area contributed by atoms with Crippen LogP contribution in [0.25, 0.3) is 0 Å². The number of halogens is 1. The minimum absolute atomic E-state index is 0.0609. The number of hydrogen-bond acceptors (Lipinski definition) is 7. The van der Waals surface area contributed by atoms with E-state index < -0.39 is 15.8 Å². The molecule has 3 aromatic rings. The SMILES string of the molecule is COc1cc(N2CCOCC2)ccc1Nc1ncc(Cl)c([As]c2cccc3c2C(=O)N(C)CC3)n1. The predicted molar refractivity (Wildman–Crippen MR) is 138 cm³/mol. The van der Waals surface area contributed by atoms with Crippen molar-refractivity contribution >= 4 is 59.4 Å². The first-order valence-electron chi connectivity index (χ1n) is 11.4. The van der Waals surface area contributed by atoms with Crippen LogP contribution in [0.2, 0.25) is 5.02 Å². The van der Waals surface area contributed by atoms with Gasteiger partial charge in [0.25, 0.3) is 0 Å². The van der Waals surface area contributed by atoms with Crippen LogP contribution in [-0.2, 0) is 11.2 Å². The Labute approximate surface area is 216 Å². The zero-order valence-corrected chi connectivity index (χ0v) is 22.3. The minimum atomic E-state index is -0.614. The monoisotopic (exact) mass is 554 g/mol. The molecule has 10 heteroatoms. The van der Waals surface area contributed by atoms with E-state index in [0.717, 1.165) is 70.6 Å². The Morgan fingerprint density at radius 1 is 1.17 bits per heavy atom. The third kappa shape index (κ3) is 5.10. The number of benzene rings is 2. The van der Waals surface area contributed by atoms with Crippen LogP contribution in [0.5, 0.6) is 5.75 Å². The molecule has 2 aromatic carbocycles. The standard InChI is InChI=1S/C25H26AsClN5O3/c1-31-9-8-16-4-3-5-18(22(16)24(31)33)26-23-19(27)15-28-25(30-23)29-20-7-6-17(14-21(20)34-2)32-10-12-35-13-11-32/h3-7,14-15H,8-13H2,1-2H3,(H,28,29,30). The number of likely N-dealkylation sites (N-methyl/N-ethyl adjacent to an activating group) is 1. The Bertz CT molecular complexity index is 1250. The van der Waals surface area contributed by atoms with Crippen LogP contribution in [0.3, 0.4) is 0 Å². The van der Waals surface area contributed by atoms with Gasteiger partial charge in [-0.2, -0.15) is 0 Å². The third-order valence-electron chi connectivity index (χ3n) is 6.17. The average Bonchev–Trinajstić information content (AvgIpc) is 2.89. The molecule has 1 aromatic heterocycles. The molecule has 8 nitrogen and oxygen atoms in total. The molecule has 1 radical (unpaired) electrons. The molecule has 0 bridgehead atoms. The number of fused-ring (bicyclic) bond motifs is 1. The van der Waals surface area contributed by atoms with Gasteiger partial charge in [-0.25, -0.2) is 0 Å². The number of rotatable bonds is 6. The average molecular weight is 555 g/mol. The van der Waals surface area contributed by atoms with Crippen molar-refractivity contribution in [3.63, 3.8) is 0 Å². The molecule has 2 aliphatic heterocycles. The first-order valence-corrected chi connectivity index (χ1v) is 13.7. The Hall–Kier alpha value is -2.80. The van der Waals surface area contributed by atoms with E-state index in [1.54, 1.807) is 18.2 Å². The van der Waals surface area contributed by atoms with Crippen LogP contribution < -0.4 is 23.8 Å². The fourth-order valence-electron chi connectivity index (χ4n) is 4.25. The molecule has 1 amide bonds. The summed E-state index contributed by atoms with van der Waals surface area (Å²) in [6, 6.07) is 12.1. The summed E-state index contributed by atoms with van der Waals surface area (Å²) in [7, 11) is 3.49. The number of nitrogens with one attached hydrogen (secondary N) is 1. The zero-order valence-electron chi connectivity index (χ0n) is 19.6. The molecular formula is C25H26AsClN5O3. The summed E-state index contributed by atoms with van der Waals surface area (Å²) in [6.45, 7) is 3.88. The number of amides is 1. The normalized spacial score (nSPS) is 16.0. The summed E-state index contributed by atoms with van der Waals surface area (Å²) in [4.78, 5) is 26.0. The number of nitrogens with zero attached hydrogens (tertiary/aromatic N) is 4. The summed E-state index contributed by atoms with van der Waals surface area (Å²) in [6.07, 6.45) is 2.47. The van der Waals surface area contributed by atoms with E-state index in [1.807, 2.05) is 37.4 Å². The summed E-state index contributed by atoms with van der Waals surface area (Å²) < 4.78 is 12.9. The summed E-state index contributed by atoms with van der Waals surface area (Å²) in [5, 5.41) is 3.78. The van der Waals surface area contributed by atoms with Gasteiger partial charge in [0, 0.05) is 0 Å². The number of carbonyl (C=O) groups excluding carboxylic acids is 1. The van der Waals surface area contributed by atoms with Crippen LogP contribution in [-0.4, -0.2) is 83.5 Å². The first-order chi connectivity index (χ1) is 17.0. The van der Waals surface area contributed by atoms with Crippen molar-refractivity contribution in [2.75, 3.05) is 57.2 Å². The molecule has 181 valence electrons. The van der Waals surface area contributed by atoms with Crippen LogP contribution in [0.1, 0.15) is 15.9 Å². The molecule has 1 fully saturated rings. The zero-order chi connectivity index (χ0) is 24.4. The number of ether oxygens (including phenoxy) is 2. The molecule has 5 rings (SSSR count). The Morgan fingerprint density at radius 2 is 2.00 bits per heavy atom. The van der Waals surface area contributed by atoms with E-state index in [-0.39, 0.29) is 5.91 Å². The maximum absolute atomic E-state index is 12.9. The predicted octanol–water partition coefficient (Wildman–Crippen LogP) is 2.00. The second kappa shape index (κ2) is 10.4. The Kier molecular flexibility index (Phi) is 7.14. The van der Waals surface area contributed by atoms with E-state index >= 15 is 0 Å². The van der Waals surface area contributed by atoms with Crippen LogP contribution in [0, 0.1) is 0 Å². The summed E-state index contributed by atoms with van der Waals surface area (Å²) in [5.41, 5.74) is 3.74. The Morgan fingerprint density at radius 3 is 2.80 bits per heavy atom. The van der Waals surface area contributed by atoms with Gasteiger partial charge in [0.05, 0.1) is 0 Å². The van der Waals surface area contributed by atoms with Crippen molar-refractivity contribution in [3.8, 4) is 5.75 Å². The van der Waals surface area contributed by atoms with Gasteiger partial charge in [0.2, 0.25) is 0 Å². The van der Waals surface area contributed by atoms with E-state index in [2.05, 4.69) is 21.3 Å². The van der Waals surface area contributed by atoms with Crippen molar-refractivity contribution < 1.29 is 14.3 Å². The molecule has 0 spiro atoms. The van der Waals surface area contributed by atoms with Crippen molar-refractivity contribution in [1.29, 1.82) is 0 Å². The van der Waals surface area contributed by atoms with E-state index in [4.69, 9.17) is 26.1 Å². The summed E-state index contributed by atoms with van der Waals surface area (Å²) >= 11 is 5.88. The van der Waals surface area contributed by atoms with Crippen molar-refractivity contribution in [2.24, 2.45) is 0 Å². The molecule has 0 saturated carbocycles. The summed E-state index contributed by atoms with van der Waals surface area (Å²) in [5.74, 6) is 1.20. The second-order valence-electron chi connectivity index (χ2n) is 8.37. The molecule has 0 atom stereocenters. The number of carbonyl (C=O) groups is 1. The van der Waals surface area contributed by atoms with Crippen molar-refractivity contribution in [3.05, 3.63) is 58.7 Å². The second-order valence-corrected chi connectivity index (χ2v) is 11.1. The van der Waals surface area contributed by atoms with E-state index in [1.165, 1.54) is 0 Å². The van der Waals surface area contributed by atoms with Gasteiger partial charge in [-0.1, -0.05) is 0 Å². The molecule has 0 unspecified atom stereocenters. The maximum atomic E-state index is 12.9. The molecule has 2 aliphatic rings. The number of aromatic nitrogens is 2. The van der Waals surface area contributed by atoms with Crippen LogP contribution in [0.4, 0.5) is 17.3 Å². The van der Waals surface area contributed by atoms with Gasteiger partial charge >= 0.3 is 217 Å². The van der Waals surface area contributed by atoms with Gasteiger partial charge in [0.15, 0.2) is 0 Å². The van der Waals surface area contributed by atoms with Gasteiger partial charge < -0.3 is 0 Å². The first kappa shape index (κ1) is 23.9. The molecule has 35 heavy (non-hydrogen) atoms. The fraction of sp³-hybridized carbons (Fsp3) is 0.320. The van der Waals surface area contributed by atoms with Gasteiger partial charge in [-0.3, -0.25) is 0 Å². The fourth-order valence-corrected chi connectivity index (χ4v) is 6.76. The molecular weight excluding hydrogens is 529 g/mol. The topological polar surface area (TPSA) is 79.8 Å².